The Morgan fingerprint density at radius 3 is 3.00 bits per heavy atom. The molecule has 5 heteroatoms. The Morgan fingerprint density at radius 2 is 2.24 bits per heavy atom. The summed E-state index contributed by atoms with van der Waals surface area (Å²) >= 11 is 0. The van der Waals surface area contributed by atoms with Gasteiger partial charge in [0, 0.05) is 6.54 Å². The standard InChI is InChI=1S/C12H16N2O3/c1-2-9(13)12(15)14-6-8-3-4-10-11(5-8)17-7-16-10/h3-5,9H,2,6-7,13H2,1H3,(H,14,15)/t9-/m1/s1. The second-order valence-electron chi connectivity index (χ2n) is 3.92. The highest BCUT2D eigenvalue weighted by atomic mass is 16.7. The summed E-state index contributed by atoms with van der Waals surface area (Å²) < 4.78 is 10.5. The molecule has 0 saturated carbocycles. The van der Waals surface area contributed by atoms with Crippen molar-refractivity contribution in [2.75, 3.05) is 6.79 Å². The van der Waals surface area contributed by atoms with Gasteiger partial charge in [-0.1, -0.05) is 13.0 Å². The molecule has 5 nitrogen and oxygen atoms in total. The highest BCUT2D eigenvalue weighted by Gasteiger charge is 2.14. The number of ether oxygens (including phenoxy) is 2. The summed E-state index contributed by atoms with van der Waals surface area (Å²) in [5, 5.41) is 2.78. The van der Waals surface area contributed by atoms with Crippen LogP contribution in [0.4, 0.5) is 0 Å². The highest BCUT2D eigenvalue weighted by molar-refractivity contribution is 5.81. The topological polar surface area (TPSA) is 73.6 Å². The minimum absolute atomic E-state index is 0.134. The number of fused-ring (bicyclic) bond motifs is 1. The second kappa shape index (κ2) is 5.05. The maximum Gasteiger partial charge on any atom is 0.237 e. The number of hydrogen-bond acceptors (Lipinski definition) is 4. The Balaban J connectivity index is 1.93. The first kappa shape index (κ1) is 11.7. The van der Waals surface area contributed by atoms with Gasteiger partial charge in [-0.3, -0.25) is 4.79 Å². The molecule has 1 aliphatic rings. The number of benzene rings is 1. The van der Waals surface area contributed by atoms with Crippen LogP contribution in [-0.4, -0.2) is 18.7 Å². The lowest BCUT2D eigenvalue weighted by atomic mass is 10.2. The minimum Gasteiger partial charge on any atom is -0.454 e. The first-order valence-electron chi connectivity index (χ1n) is 5.62. The van der Waals surface area contributed by atoms with Gasteiger partial charge in [-0.25, -0.2) is 0 Å². The molecule has 2 rings (SSSR count). The third-order valence-corrected chi connectivity index (χ3v) is 2.68. The zero-order valence-electron chi connectivity index (χ0n) is 9.73. The number of nitrogens with one attached hydrogen (secondary N) is 1. The molecule has 92 valence electrons. The van der Waals surface area contributed by atoms with Crippen molar-refractivity contribution in [2.24, 2.45) is 5.73 Å². The summed E-state index contributed by atoms with van der Waals surface area (Å²) in [5.74, 6) is 1.33. The van der Waals surface area contributed by atoms with E-state index >= 15 is 0 Å². The van der Waals surface area contributed by atoms with E-state index in [4.69, 9.17) is 15.2 Å². The Hall–Kier alpha value is -1.75. The summed E-state index contributed by atoms with van der Waals surface area (Å²) in [4.78, 5) is 11.5. The third-order valence-electron chi connectivity index (χ3n) is 2.68. The van der Waals surface area contributed by atoms with E-state index in [1.807, 2.05) is 25.1 Å². The Kier molecular flexibility index (Phi) is 3.49. The molecule has 0 radical (unpaired) electrons. The number of nitrogens with two attached hydrogens (primary N) is 1. The lowest BCUT2D eigenvalue weighted by Crippen LogP contribution is -2.39. The largest absolute Gasteiger partial charge is 0.454 e. The highest BCUT2D eigenvalue weighted by Crippen LogP contribution is 2.32. The summed E-state index contributed by atoms with van der Waals surface area (Å²) in [7, 11) is 0. The normalized spacial score (nSPS) is 14.5. The first-order chi connectivity index (χ1) is 8.20. The maximum absolute atomic E-state index is 11.5. The maximum atomic E-state index is 11.5. The molecule has 1 atom stereocenters. The molecule has 0 aromatic heterocycles. The van der Waals surface area contributed by atoms with E-state index < -0.39 is 6.04 Å². The van der Waals surface area contributed by atoms with E-state index in [2.05, 4.69) is 5.32 Å². The van der Waals surface area contributed by atoms with Gasteiger partial charge < -0.3 is 20.5 Å². The molecule has 0 saturated heterocycles. The molecular formula is C12H16N2O3. The fraction of sp³-hybridized carbons (Fsp3) is 0.417. The predicted octanol–water partition coefficient (Wildman–Crippen LogP) is 0.769. The molecule has 1 heterocycles. The Morgan fingerprint density at radius 1 is 1.47 bits per heavy atom. The minimum atomic E-state index is -0.441. The van der Waals surface area contributed by atoms with Crippen LogP contribution in [0.2, 0.25) is 0 Å². The first-order valence-corrected chi connectivity index (χ1v) is 5.62. The molecule has 0 spiro atoms. The summed E-state index contributed by atoms with van der Waals surface area (Å²) in [6.45, 7) is 2.58. The van der Waals surface area contributed by atoms with Crippen molar-refractivity contribution in [3.05, 3.63) is 23.8 Å². The second-order valence-corrected chi connectivity index (χ2v) is 3.92. The van der Waals surface area contributed by atoms with E-state index in [9.17, 15) is 4.79 Å². The zero-order chi connectivity index (χ0) is 12.3. The Bertz CT molecular complexity index is 420. The van der Waals surface area contributed by atoms with Gasteiger partial charge in [0.15, 0.2) is 11.5 Å². The van der Waals surface area contributed by atoms with Crippen LogP contribution in [0.1, 0.15) is 18.9 Å². The van der Waals surface area contributed by atoms with Crippen molar-refractivity contribution in [3.63, 3.8) is 0 Å². The molecular weight excluding hydrogens is 220 g/mol. The van der Waals surface area contributed by atoms with Gasteiger partial charge in [-0.2, -0.15) is 0 Å². The van der Waals surface area contributed by atoms with Gasteiger partial charge in [0.05, 0.1) is 6.04 Å². The molecule has 3 N–H and O–H groups in total. The van der Waals surface area contributed by atoms with E-state index in [-0.39, 0.29) is 12.7 Å². The SMILES string of the molecule is CC[C@@H](N)C(=O)NCc1ccc2c(c1)OCO2. The smallest absolute Gasteiger partial charge is 0.237 e. The molecule has 0 aliphatic carbocycles. The van der Waals surface area contributed by atoms with E-state index in [1.54, 1.807) is 0 Å². The molecule has 1 aromatic rings. The van der Waals surface area contributed by atoms with Crippen LogP contribution in [0.15, 0.2) is 18.2 Å². The van der Waals surface area contributed by atoms with Crippen molar-refractivity contribution in [1.29, 1.82) is 0 Å². The van der Waals surface area contributed by atoms with E-state index in [1.165, 1.54) is 0 Å². The van der Waals surface area contributed by atoms with Crippen molar-refractivity contribution in [1.82, 2.24) is 5.32 Å². The quantitative estimate of drug-likeness (QED) is 0.809. The summed E-state index contributed by atoms with van der Waals surface area (Å²) in [6.07, 6.45) is 0.632. The number of carbonyl (C=O) groups is 1. The van der Waals surface area contributed by atoms with Crippen LogP contribution >= 0.6 is 0 Å². The predicted molar refractivity (Wildman–Crippen MR) is 62.7 cm³/mol. The van der Waals surface area contributed by atoms with Gasteiger partial charge in [0.1, 0.15) is 0 Å². The lowest BCUT2D eigenvalue weighted by molar-refractivity contribution is -0.122. The van der Waals surface area contributed by atoms with Gasteiger partial charge in [-0.15, -0.1) is 0 Å². The van der Waals surface area contributed by atoms with Crippen molar-refractivity contribution in [3.8, 4) is 11.5 Å². The van der Waals surface area contributed by atoms with Crippen LogP contribution < -0.4 is 20.5 Å². The van der Waals surface area contributed by atoms with Crippen molar-refractivity contribution in [2.45, 2.75) is 25.9 Å². The number of hydrogen-bond donors (Lipinski definition) is 2. The molecule has 0 unspecified atom stereocenters. The molecule has 1 amide bonds. The fourth-order valence-corrected chi connectivity index (χ4v) is 1.56. The zero-order valence-corrected chi connectivity index (χ0v) is 9.73. The molecule has 1 aliphatic heterocycles. The van der Waals surface area contributed by atoms with E-state index in [0.29, 0.717) is 13.0 Å². The van der Waals surface area contributed by atoms with Crippen LogP contribution in [0.3, 0.4) is 0 Å². The Labute approximate surface area is 99.9 Å². The van der Waals surface area contributed by atoms with Gasteiger partial charge in [0.25, 0.3) is 0 Å². The number of amides is 1. The van der Waals surface area contributed by atoms with Crippen LogP contribution in [0, 0.1) is 0 Å². The third kappa shape index (κ3) is 2.68. The van der Waals surface area contributed by atoms with Crippen molar-refractivity contribution >= 4 is 5.91 Å². The molecule has 1 aromatic carbocycles. The van der Waals surface area contributed by atoms with Gasteiger partial charge in [0.2, 0.25) is 12.7 Å². The lowest BCUT2D eigenvalue weighted by Gasteiger charge is -2.10. The summed E-state index contributed by atoms with van der Waals surface area (Å²) in [5.41, 5.74) is 6.58. The summed E-state index contributed by atoms with van der Waals surface area (Å²) in [6, 6.07) is 5.15. The molecule has 17 heavy (non-hydrogen) atoms. The molecule has 0 fully saturated rings. The number of carbonyl (C=O) groups excluding carboxylic acids is 1. The molecule has 0 bridgehead atoms. The van der Waals surface area contributed by atoms with Crippen molar-refractivity contribution < 1.29 is 14.3 Å². The van der Waals surface area contributed by atoms with E-state index in [0.717, 1.165) is 17.1 Å². The van der Waals surface area contributed by atoms with Gasteiger partial charge in [-0.05, 0) is 24.1 Å². The average molecular weight is 236 g/mol. The number of rotatable bonds is 4. The van der Waals surface area contributed by atoms with Crippen LogP contribution in [0.25, 0.3) is 0 Å². The fourth-order valence-electron chi connectivity index (χ4n) is 1.56. The van der Waals surface area contributed by atoms with Crippen LogP contribution in [0.5, 0.6) is 11.5 Å². The van der Waals surface area contributed by atoms with Crippen LogP contribution in [-0.2, 0) is 11.3 Å². The monoisotopic (exact) mass is 236 g/mol. The average Bonchev–Trinajstić information content (AvgIpc) is 2.82. The van der Waals surface area contributed by atoms with Gasteiger partial charge >= 0.3 is 0 Å².